The highest BCUT2D eigenvalue weighted by molar-refractivity contribution is 6.31. The second-order valence-electron chi connectivity index (χ2n) is 5.44. The number of anilines is 1. The Bertz CT molecular complexity index is 466. The number of hydrogen-bond acceptors (Lipinski definition) is 2. The lowest BCUT2D eigenvalue weighted by molar-refractivity contribution is 0.148. The van der Waals surface area contributed by atoms with Gasteiger partial charge in [0.25, 0.3) is 0 Å². The number of carbonyl (C=O) groups is 1. The van der Waals surface area contributed by atoms with Gasteiger partial charge in [-0.25, -0.2) is 9.18 Å². The highest BCUT2D eigenvalue weighted by Gasteiger charge is 2.15. The number of aliphatic hydroxyl groups excluding tert-OH is 1. The van der Waals surface area contributed by atoms with Gasteiger partial charge in [0, 0.05) is 18.8 Å². The SMILES string of the molecule is CC(C)(CO)CCCNC(=O)Nc1ccc(F)c(Cl)c1. The molecule has 1 aromatic carbocycles. The van der Waals surface area contributed by atoms with Gasteiger partial charge in [-0.15, -0.1) is 0 Å². The maximum absolute atomic E-state index is 12.9. The molecule has 0 bridgehead atoms. The van der Waals surface area contributed by atoms with Gasteiger partial charge >= 0.3 is 6.03 Å². The van der Waals surface area contributed by atoms with E-state index >= 15 is 0 Å². The molecule has 0 saturated heterocycles. The Labute approximate surface area is 123 Å². The average Bonchev–Trinajstić information content (AvgIpc) is 2.39. The summed E-state index contributed by atoms with van der Waals surface area (Å²) in [7, 11) is 0. The van der Waals surface area contributed by atoms with Gasteiger partial charge in [-0.1, -0.05) is 25.4 Å². The summed E-state index contributed by atoms with van der Waals surface area (Å²) < 4.78 is 12.9. The van der Waals surface area contributed by atoms with Crippen molar-refractivity contribution in [3.05, 3.63) is 29.0 Å². The second-order valence-corrected chi connectivity index (χ2v) is 5.84. The number of hydrogen-bond donors (Lipinski definition) is 3. The van der Waals surface area contributed by atoms with Crippen LogP contribution in [0.25, 0.3) is 0 Å². The van der Waals surface area contributed by atoms with Crippen LogP contribution >= 0.6 is 11.6 Å². The third kappa shape index (κ3) is 5.75. The molecule has 0 unspecified atom stereocenters. The van der Waals surface area contributed by atoms with Crippen molar-refractivity contribution >= 4 is 23.3 Å². The van der Waals surface area contributed by atoms with Gasteiger partial charge < -0.3 is 15.7 Å². The Morgan fingerprint density at radius 1 is 1.45 bits per heavy atom. The van der Waals surface area contributed by atoms with Crippen LogP contribution in [0, 0.1) is 11.2 Å². The Kier molecular flexibility index (Phi) is 6.23. The number of amides is 2. The third-order valence-corrected chi connectivity index (χ3v) is 3.21. The maximum Gasteiger partial charge on any atom is 0.319 e. The standard InChI is InChI=1S/C14H20ClFN2O2/c1-14(2,9-19)6-3-7-17-13(20)18-10-4-5-12(16)11(15)8-10/h4-5,8,19H,3,6-7,9H2,1-2H3,(H2,17,18,20). The molecule has 0 atom stereocenters. The maximum atomic E-state index is 12.9. The predicted octanol–water partition coefficient (Wildman–Crippen LogP) is 3.40. The zero-order valence-corrected chi connectivity index (χ0v) is 12.4. The van der Waals surface area contributed by atoms with Gasteiger partial charge in [0.15, 0.2) is 0 Å². The van der Waals surface area contributed by atoms with Gasteiger partial charge in [-0.05, 0) is 36.5 Å². The monoisotopic (exact) mass is 302 g/mol. The molecule has 2 amide bonds. The number of halogens is 2. The molecule has 112 valence electrons. The fourth-order valence-corrected chi connectivity index (χ4v) is 1.78. The average molecular weight is 303 g/mol. The molecule has 0 saturated carbocycles. The van der Waals surface area contributed by atoms with Crippen molar-refractivity contribution in [1.82, 2.24) is 5.32 Å². The van der Waals surface area contributed by atoms with Crippen molar-refractivity contribution in [2.24, 2.45) is 5.41 Å². The lowest BCUT2D eigenvalue weighted by Gasteiger charge is -2.21. The summed E-state index contributed by atoms with van der Waals surface area (Å²) in [6.07, 6.45) is 1.58. The van der Waals surface area contributed by atoms with Crippen LogP contribution in [0.5, 0.6) is 0 Å². The van der Waals surface area contributed by atoms with Crippen molar-refractivity contribution in [2.75, 3.05) is 18.5 Å². The third-order valence-electron chi connectivity index (χ3n) is 2.92. The van der Waals surface area contributed by atoms with Crippen LogP contribution in [-0.4, -0.2) is 24.3 Å². The van der Waals surface area contributed by atoms with Crippen LogP contribution in [0.2, 0.25) is 5.02 Å². The fraction of sp³-hybridized carbons (Fsp3) is 0.500. The largest absolute Gasteiger partial charge is 0.396 e. The highest BCUT2D eigenvalue weighted by Crippen LogP contribution is 2.21. The lowest BCUT2D eigenvalue weighted by atomic mass is 9.89. The molecule has 0 aliphatic heterocycles. The summed E-state index contributed by atoms with van der Waals surface area (Å²) >= 11 is 5.62. The minimum absolute atomic E-state index is 0.0347. The normalized spacial score (nSPS) is 11.2. The van der Waals surface area contributed by atoms with Crippen molar-refractivity contribution in [3.8, 4) is 0 Å². The molecule has 6 heteroatoms. The number of aliphatic hydroxyl groups is 1. The first-order valence-corrected chi connectivity index (χ1v) is 6.82. The van der Waals surface area contributed by atoms with Crippen LogP contribution in [0.4, 0.5) is 14.9 Å². The summed E-state index contributed by atoms with van der Waals surface area (Å²) in [5.41, 5.74) is 0.299. The molecule has 1 aromatic rings. The van der Waals surface area contributed by atoms with E-state index in [1.54, 1.807) is 0 Å². The van der Waals surface area contributed by atoms with E-state index in [9.17, 15) is 9.18 Å². The second kappa shape index (κ2) is 7.45. The van der Waals surface area contributed by atoms with Gasteiger partial charge in [0.2, 0.25) is 0 Å². The van der Waals surface area contributed by atoms with E-state index in [2.05, 4.69) is 10.6 Å². The molecule has 0 aromatic heterocycles. The van der Waals surface area contributed by atoms with Crippen molar-refractivity contribution < 1.29 is 14.3 Å². The van der Waals surface area contributed by atoms with Crippen LogP contribution in [0.3, 0.4) is 0 Å². The van der Waals surface area contributed by atoms with Gasteiger partial charge in [-0.2, -0.15) is 0 Å². The predicted molar refractivity (Wildman–Crippen MR) is 78.5 cm³/mol. The molecule has 20 heavy (non-hydrogen) atoms. The fourth-order valence-electron chi connectivity index (χ4n) is 1.60. The van der Waals surface area contributed by atoms with Crippen LogP contribution in [0.15, 0.2) is 18.2 Å². The summed E-state index contributed by atoms with van der Waals surface area (Å²) in [6, 6.07) is 3.62. The zero-order valence-electron chi connectivity index (χ0n) is 11.7. The molecule has 4 nitrogen and oxygen atoms in total. The van der Waals surface area contributed by atoms with Crippen LogP contribution in [-0.2, 0) is 0 Å². The first-order chi connectivity index (χ1) is 9.34. The number of benzene rings is 1. The van der Waals surface area contributed by atoms with Crippen LogP contribution in [0.1, 0.15) is 26.7 Å². The van der Waals surface area contributed by atoms with E-state index in [0.29, 0.717) is 12.2 Å². The summed E-state index contributed by atoms with van der Waals surface area (Å²) in [4.78, 5) is 11.6. The van der Waals surface area contributed by atoms with E-state index in [1.807, 2.05) is 13.8 Å². The zero-order chi connectivity index (χ0) is 15.2. The quantitative estimate of drug-likeness (QED) is 0.705. The first-order valence-electron chi connectivity index (χ1n) is 6.45. The number of rotatable bonds is 6. The van der Waals surface area contributed by atoms with Gasteiger partial charge in [0.05, 0.1) is 5.02 Å². The van der Waals surface area contributed by atoms with E-state index in [4.69, 9.17) is 16.7 Å². The van der Waals surface area contributed by atoms with E-state index in [-0.39, 0.29) is 23.1 Å². The van der Waals surface area contributed by atoms with Crippen molar-refractivity contribution in [1.29, 1.82) is 0 Å². The minimum Gasteiger partial charge on any atom is -0.396 e. The molecule has 1 rings (SSSR count). The Morgan fingerprint density at radius 3 is 2.75 bits per heavy atom. The van der Waals surface area contributed by atoms with Crippen LogP contribution < -0.4 is 10.6 Å². The number of carbonyl (C=O) groups excluding carboxylic acids is 1. The number of urea groups is 1. The first kappa shape index (κ1) is 16.7. The minimum atomic E-state index is -0.524. The van der Waals surface area contributed by atoms with Crippen molar-refractivity contribution in [3.63, 3.8) is 0 Å². The topological polar surface area (TPSA) is 61.4 Å². The van der Waals surface area contributed by atoms with E-state index in [1.165, 1.54) is 18.2 Å². The molecule has 0 heterocycles. The molecule has 0 aliphatic rings. The Hall–Kier alpha value is -1.33. The summed E-state index contributed by atoms with van der Waals surface area (Å²) in [6.45, 7) is 4.55. The Morgan fingerprint density at radius 2 is 2.15 bits per heavy atom. The molecular formula is C14H20ClFN2O2. The smallest absolute Gasteiger partial charge is 0.319 e. The molecular weight excluding hydrogens is 283 g/mol. The molecule has 0 spiro atoms. The van der Waals surface area contributed by atoms with Crippen molar-refractivity contribution in [2.45, 2.75) is 26.7 Å². The number of nitrogens with one attached hydrogen (secondary N) is 2. The van der Waals surface area contributed by atoms with E-state index in [0.717, 1.165) is 12.8 Å². The molecule has 3 N–H and O–H groups in total. The summed E-state index contributed by atoms with van der Waals surface area (Å²) in [5, 5.41) is 14.3. The van der Waals surface area contributed by atoms with Gasteiger partial charge in [0.1, 0.15) is 5.82 Å². The Balaban J connectivity index is 2.32. The van der Waals surface area contributed by atoms with E-state index < -0.39 is 5.82 Å². The van der Waals surface area contributed by atoms with Gasteiger partial charge in [-0.3, -0.25) is 0 Å². The highest BCUT2D eigenvalue weighted by atomic mass is 35.5. The molecule has 0 fully saturated rings. The molecule has 0 aliphatic carbocycles. The molecule has 0 radical (unpaired) electrons. The lowest BCUT2D eigenvalue weighted by Crippen LogP contribution is -2.30. The summed E-state index contributed by atoms with van der Waals surface area (Å²) in [5.74, 6) is -0.524.